The maximum atomic E-state index is 14.9. The zero-order chi connectivity index (χ0) is 48.9. The number of aromatic nitrogens is 1. The first kappa shape index (κ1) is 55.0. The average molecular weight is 944 g/mol. The molecule has 0 aliphatic carbocycles. The number of rotatable bonds is 25. The van der Waals surface area contributed by atoms with E-state index in [1.165, 1.54) is 17.2 Å². The number of nitrogens with zero attached hydrogens (tertiary/aromatic N) is 3. The second-order valence-corrected chi connectivity index (χ2v) is 18.4. The zero-order valence-electron chi connectivity index (χ0n) is 40.2. The number of hydrazine groups is 1. The van der Waals surface area contributed by atoms with Gasteiger partial charge in [0, 0.05) is 43.1 Å². The van der Waals surface area contributed by atoms with E-state index in [9.17, 15) is 38.7 Å². The summed E-state index contributed by atoms with van der Waals surface area (Å²) in [7, 11) is 1.90. The van der Waals surface area contributed by atoms with E-state index in [4.69, 9.17) is 14.2 Å². The fourth-order valence-electron chi connectivity index (χ4n) is 7.69. The van der Waals surface area contributed by atoms with Crippen molar-refractivity contribution in [3.63, 3.8) is 0 Å². The van der Waals surface area contributed by atoms with Gasteiger partial charge in [0.25, 0.3) is 5.91 Å². The lowest BCUT2D eigenvalue weighted by atomic mass is 9.92. The number of benzene rings is 1. The minimum atomic E-state index is -1.03. The molecule has 1 unspecified atom stereocenters. The number of nitrogens with one attached hydrogen (secondary N) is 4. The molecule has 0 spiro atoms. The van der Waals surface area contributed by atoms with Gasteiger partial charge in [-0.2, -0.15) is 0 Å². The summed E-state index contributed by atoms with van der Waals surface area (Å²) in [5.74, 6) is -3.93. The van der Waals surface area contributed by atoms with Crippen molar-refractivity contribution < 1.29 is 52.9 Å². The molecule has 1 aliphatic rings. The number of likely N-dealkylation sites (N-methyl/N-ethyl adjacent to an activating group) is 1. The van der Waals surface area contributed by atoms with Crippen LogP contribution in [0.15, 0.2) is 29.6 Å². The van der Waals surface area contributed by atoms with E-state index in [1.807, 2.05) is 53.5 Å². The van der Waals surface area contributed by atoms with Crippen molar-refractivity contribution >= 4 is 53.0 Å². The molecule has 3 rings (SSSR count). The van der Waals surface area contributed by atoms with Gasteiger partial charge in [0.2, 0.25) is 17.7 Å². The number of amides is 5. The van der Waals surface area contributed by atoms with Crippen LogP contribution in [0.2, 0.25) is 0 Å². The standard InChI is InChI=1S/C47H73N7O11S/c1-10-15-40(57)64-28-54(46(61)41(30(6)12-3)50-44(60)37-16-13-14-23-53(37)9)38(29(4)5)26-39(65-32(8)55)45-49-36(27-66-45)43(59)48-34(20-17-33-18-21-35(56)22-19-33)25-31(7)42(58)51-52-47(62)63-24-11-2/h18-19,21-22,27,29-31,34,37-39,41,56H,10-17,20,23-26,28H2,1-9H3,(H,48,59)(H,50,60)(H,51,58)(H,52,62)/t30?,31-,34-,37+,38+,39+,41-/m0/s1. The highest BCUT2D eigenvalue weighted by molar-refractivity contribution is 7.09. The molecule has 1 fully saturated rings. The lowest BCUT2D eigenvalue weighted by Gasteiger charge is -2.39. The van der Waals surface area contributed by atoms with Crippen LogP contribution in [-0.2, 0) is 44.6 Å². The molecule has 18 nitrogen and oxygen atoms in total. The number of hydrogen-bond acceptors (Lipinski definition) is 14. The van der Waals surface area contributed by atoms with Gasteiger partial charge >= 0.3 is 18.0 Å². The summed E-state index contributed by atoms with van der Waals surface area (Å²) in [4.78, 5) is 101. The number of aryl methyl sites for hydroxylation is 1. The maximum absolute atomic E-state index is 14.9. The highest BCUT2D eigenvalue weighted by atomic mass is 32.1. The number of likely N-dealkylation sites (tertiary alicyclic amines) is 1. The van der Waals surface area contributed by atoms with Gasteiger partial charge in [-0.25, -0.2) is 15.2 Å². The number of carbonyl (C=O) groups excluding carboxylic acids is 7. The third kappa shape index (κ3) is 17.8. The summed E-state index contributed by atoms with van der Waals surface area (Å²) in [5.41, 5.74) is 5.53. The molecule has 0 saturated carbocycles. The minimum absolute atomic E-state index is 0.0251. The molecule has 368 valence electrons. The van der Waals surface area contributed by atoms with E-state index in [1.54, 1.807) is 31.2 Å². The summed E-state index contributed by atoms with van der Waals surface area (Å²) >= 11 is 1.10. The van der Waals surface area contributed by atoms with Crippen LogP contribution in [0.3, 0.4) is 0 Å². The predicted molar refractivity (Wildman–Crippen MR) is 249 cm³/mol. The topological polar surface area (TPSA) is 235 Å². The van der Waals surface area contributed by atoms with Gasteiger partial charge in [-0.15, -0.1) is 11.3 Å². The highest BCUT2D eigenvalue weighted by Crippen LogP contribution is 2.32. The van der Waals surface area contributed by atoms with Crippen molar-refractivity contribution in [2.75, 3.05) is 26.9 Å². The van der Waals surface area contributed by atoms with Crippen molar-refractivity contribution in [1.82, 2.24) is 36.3 Å². The van der Waals surface area contributed by atoms with Crippen molar-refractivity contribution in [3.05, 3.63) is 45.9 Å². The van der Waals surface area contributed by atoms with Crippen LogP contribution in [0.4, 0.5) is 4.79 Å². The summed E-state index contributed by atoms with van der Waals surface area (Å²) in [6, 6.07) is 4.09. The van der Waals surface area contributed by atoms with Gasteiger partial charge in [0.1, 0.15) is 22.5 Å². The molecule has 1 aliphatic heterocycles. The molecular formula is C47H73N7O11S. The second-order valence-electron chi connectivity index (χ2n) is 17.5. The Labute approximate surface area is 393 Å². The second kappa shape index (κ2) is 28.0. The third-order valence-corrected chi connectivity index (χ3v) is 12.7. The summed E-state index contributed by atoms with van der Waals surface area (Å²) in [6.07, 6.45) is 3.71. The van der Waals surface area contributed by atoms with Crippen molar-refractivity contribution in [1.29, 1.82) is 0 Å². The Morgan fingerprint density at radius 1 is 0.939 bits per heavy atom. The Morgan fingerprint density at radius 2 is 1.65 bits per heavy atom. The molecule has 1 saturated heterocycles. The number of phenols is 1. The molecule has 0 bridgehead atoms. The van der Waals surface area contributed by atoms with Gasteiger partial charge in [-0.3, -0.25) is 39.1 Å². The van der Waals surface area contributed by atoms with Crippen LogP contribution in [-0.4, -0.2) is 113 Å². The van der Waals surface area contributed by atoms with E-state index in [0.717, 1.165) is 36.3 Å². The molecule has 66 heavy (non-hydrogen) atoms. The van der Waals surface area contributed by atoms with E-state index < -0.39 is 72.6 Å². The van der Waals surface area contributed by atoms with Crippen LogP contribution in [0.5, 0.6) is 5.75 Å². The highest BCUT2D eigenvalue weighted by Gasteiger charge is 2.39. The van der Waals surface area contributed by atoms with E-state index >= 15 is 0 Å². The van der Waals surface area contributed by atoms with Crippen molar-refractivity contribution in [2.45, 2.75) is 156 Å². The molecule has 2 heterocycles. The number of esters is 2. The average Bonchev–Trinajstić information content (AvgIpc) is 3.78. The largest absolute Gasteiger partial charge is 0.508 e. The fraction of sp³-hybridized carbons (Fsp3) is 0.660. The molecule has 5 amide bonds. The van der Waals surface area contributed by atoms with Crippen molar-refractivity contribution in [3.8, 4) is 5.75 Å². The summed E-state index contributed by atoms with van der Waals surface area (Å²) in [6.45, 7) is 14.8. The zero-order valence-corrected chi connectivity index (χ0v) is 41.0. The number of phenolic OH excluding ortho intramolecular Hbond substituents is 1. The van der Waals surface area contributed by atoms with E-state index in [-0.39, 0.29) is 66.1 Å². The SMILES string of the molecule is CCCOC(=O)NNC(=O)[C@@H](C)C[C@H](CCc1ccc(O)cc1)NC(=O)c1csc([C@@H](C[C@H](C(C)C)N(COC(=O)CCC)C(=O)[C@@H](NC(=O)[C@H]2CCCCN2C)C(C)CC)OC(C)=O)n1. The molecule has 5 N–H and O–H groups in total. The molecule has 0 radical (unpaired) electrons. The smallest absolute Gasteiger partial charge is 0.426 e. The lowest BCUT2D eigenvalue weighted by Crippen LogP contribution is -2.59. The van der Waals surface area contributed by atoms with Gasteiger partial charge < -0.3 is 34.9 Å². The monoisotopic (exact) mass is 944 g/mol. The first-order valence-corrected chi connectivity index (χ1v) is 24.2. The first-order chi connectivity index (χ1) is 31.4. The first-order valence-electron chi connectivity index (χ1n) is 23.3. The van der Waals surface area contributed by atoms with E-state index in [0.29, 0.717) is 38.5 Å². The number of hydrogen-bond donors (Lipinski definition) is 5. The van der Waals surface area contributed by atoms with Crippen molar-refractivity contribution in [2.24, 2.45) is 17.8 Å². The Balaban J connectivity index is 1.92. The Morgan fingerprint density at radius 3 is 2.27 bits per heavy atom. The third-order valence-electron chi connectivity index (χ3n) is 11.8. The normalized spacial score (nSPS) is 16.7. The molecular weight excluding hydrogens is 871 g/mol. The number of aromatic hydroxyl groups is 1. The number of carbonyl (C=O) groups is 7. The molecule has 1 aromatic carbocycles. The fourth-order valence-corrected chi connectivity index (χ4v) is 8.53. The van der Waals surface area contributed by atoms with Crippen LogP contribution >= 0.6 is 11.3 Å². The molecule has 19 heteroatoms. The minimum Gasteiger partial charge on any atom is -0.508 e. The Hall–Kier alpha value is -5.30. The van der Waals surface area contributed by atoms with Crippen LogP contribution in [0, 0.1) is 17.8 Å². The molecule has 1 aromatic heterocycles. The maximum Gasteiger partial charge on any atom is 0.426 e. The summed E-state index contributed by atoms with van der Waals surface area (Å²) in [5, 5.41) is 17.7. The van der Waals surface area contributed by atoms with Crippen LogP contribution in [0.1, 0.15) is 147 Å². The summed E-state index contributed by atoms with van der Waals surface area (Å²) < 4.78 is 16.5. The predicted octanol–water partition coefficient (Wildman–Crippen LogP) is 5.94. The number of piperidine rings is 1. The Bertz CT molecular complexity index is 1890. The van der Waals surface area contributed by atoms with Gasteiger partial charge in [0.15, 0.2) is 12.8 Å². The van der Waals surface area contributed by atoms with Crippen LogP contribution < -0.4 is 21.5 Å². The van der Waals surface area contributed by atoms with Gasteiger partial charge in [-0.05, 0) is 88.1 Å². The lowest BCUT2D eigenvalue weighted by molar-refractivity contribution is -0.160. The Kier molecular flexibility index (Phi) is 23.4. The van der Waals surface area contributed by atoms with Gasteiger partial charge in [0.05, 0.1) is 12.6 Å². The number of thiazole rings is 1. The molecule has 7 atom stereocenters. The molecule has 2 aromatic rings. The quantitative estimate of drug-likeness (QED) is 0.0336. The number of ether oxygens (including phenoxy) is 3. The van der Waals surface area contributed by atoms with Gasteiger partial charge in [-0.1, -0.05) is 73.4 Å². The van der Waals surface area contributed by atoms with Crippen LogP contribution in [0.25, 0.3) is 0 Å². The van der Waals surface area contributed by atoms with E-state index in [2.05, 4.69) is 26.5 Å².